The number of nitrogens with one attached hydrogen (secondary N) is 1. The maximum atomic E-state index is 9.56. The van der Waals surface area contributed by atoms with E-state index < -0.39 is 0 Å². The van der Waals surface area contributed by atoms with Crippen LogP contribution in [0.25, 0.3) is 0 Å². The van der Waals surface area contributed by atoms with Gasteiger partial charge in [-0.25, -0.2) is 0 Å². The van der Waals surface area contributed by atoms with Gasteiger partial charge < -0.3 is 14.8 Å². The molecule has 0 amide bonds. The maximum absolute atomic E-state index is 9.56. The molecule has 15 heavy (non-hydrogen) atoms. The molecule has 88 valence electrons. The van der Waals surface area contributed by atoms with Crippen LogP contribution in [0.4, 0.5) is 0 Å². The quantitative estimate of drug-likeness (QED) is 0.792. The lowest BCUT2D eigenvalue weighted by atomic mass is 10.1. The van der Waals surface area contributed by atoms with Gasteiger partial charge in [-0.05, 0) is 18.4 Å². The minimum atomic E-state index is -0.248. The Balaban J connectivity index is 0.00000196. The fourth-order valence-corrected chi connectivity index (χ4v) is 1.40. The second kappa shape index (κ2) is 7.74. The van der Waals surface area contributed by atoms with Crippen LogP contribution in [0.1, 0.15) is 25.8 Å². The smallest absolute Gasteiger partial charge is 0.0947 e. The fourth-order valence-electron chi connectivity index (χ4n) is 1.40. The van der Waals surface area contributed by atoms with Crippen molar-refractivity contribution in [1.82, 2.24) is 5.32 Å². The van der Waals surface area contributed by atoms with E-state index in [1.807, 2.05) is 6.07 Å². The number of aliphatic hydroxyl groups is 1. The van der Waals surface area contributed by atoms with E-state index in [0.717, 1.165) is 18.5 Å². The summed E-state index contributed by atoms with van der Waals surface area (Å²) < 4.78 is 4.93. The fraction of sp³-hybridized carbons (Fsp3) is 0.636. The predicted octanol–water partition coefficient (Wildman–Crippen LogP) is 2.20. The summed E-state index contributed by atoms with van der Waals surface area (Å²) in [6.45, 7) is 5.62. The molecule has 0 fully saturated rings. The molecule has 0 aliphatic carbocycles. The summed E-state index contributed by atoms with van der Waals surface area (Å²) in [5.74, 6) is 0.542. The Labute approximate surface area is 97.3 Å². The van der Waals surface area contributed by atoms with Crippen molar-refractivity contribution >= 4 is 12.4 Å². The monoisotopic (exact) mass is 233 g/mol. The zero-order valence-corrected chi connectivity index (χ0v) is 10.1. The SMILES string of the molecule is CC(C)CC(O)CNCc1ccoc1.Cl. The number of furan rings is 1. The third kappa shape index (κ3) is 6.55. The molecule has 0 aromatic carbocycles. The van der Waals surface area contributed by atoms with Crippen LogP contribution in [-0.2, 0) is 6.54 Å². The minimum absolute atomic E-state index is 0. The first-order chi connectivity index (χ1) is 6.68. The molecule has 1 aromatic rings. The van der Waals surface area contributed by atoms with E-state index in [1.165, 1.54) is 0 Å². The summed E-state index contributed by atoms with van der Waals surface area (Å²) in [6.07, 6.45) is 3.96. The van der Waals surface area contributed by atoms with E-state index in [-0.39, 0.29) is 18.5 Å². The van der Waals surface area contributed by atoms with Gasteiger partial charge in [0.1, 0.15) is 0 Å². The van der Waals surface area contributed by atoms with E-state index in [2.05, 4.69) is 19.2 Å². The van der Waals surface area contributed by atoms with Gasteiger partial charge >= 0.3 is 0 Å². The molecule has 1 heterocycles. The van der Waals surface area contributed by atoms with Crippen molar-refractivity contribution in [2.24, 2.45) is 5.92 Å². The minimum Gasteiger partial charge on any atom is -0.472 e. The first-order valence-electron chi connectivity index (χ1n) is 5.08. The van der Waals surface area contributed by atoms with Crippen LogP contribution in [0.3, 0.4) is 0 Å². The molecule has 0 aliphatic rings. The van der Waals surface area contributed by atoms with Crippen molar-refractivity contribution in [2.75, 3.05) is 6.54 Å². The summed E-state index contributed by atoms with van der Waals surface area (Å²) in [5.41, 5.74) is 1.11. The van der Waals surface area contributed by atoms with Gasteiger partial charge in [-0.1, -0.05) is 13.8 Å². The number of rotatable bonds is 6. The zero-order valence-electron chi connectivity index (χ0n) is 9.27. The van der Waals surface area contributed by atoms with Crippen molar-refractivity contribution in [3.63, 3.8) is 0 Å². The topological polar surface area (TPSA) is 45.4 Å². The highest BCUT2D eigenvalue weighted by Gasteiger charge is 2.05. The van der Waals surface area contributed by atoms with Crippen molar-refractivity contribution < 1.29 is 9.52 Å². The van der Waals surface area contributed by atoms with Gasteiger partial charge in [0.05, 0.1) is 18.6 Å². The molecule has 1 rings (SSSR count). The standard InChI is InChI=1S/C11H19NO2.ClH/c1-9(2)5-11(13)7-12-6-10-3-4-14-8-10;/h3-4,8-9,11-13H,5-7H2,1-2H3;1H. The second-order valence-corrected chi connectivity index (χ2v) is 4.05. The first kappa shape index (κ1) is 14.5. The maximum Gasteiger partial charge on any atom is 0.0947 e. The molecule has 0 saturated heterocycles. The highest BCUT2D eigenvalue weighted by atomic mass is 35.5. The van der Waals surface area contributed by atoms with Gasteiger partial charge in [0, 0.05) is 18.7 Å². The van der Waals surface area contributed by atoms with Crippen LogP contribution in [0.15, 0.2) is 23.0 Å². The van der Waals surface area contributed by atoms with Gasteiger partial charge in [0.2, 0.25) is 0 Å². The van der Waals surface area contributed by atoms with Crippen molar-refractivity contribution in [1.29, 1.82) is 0 Å². The summed E-state index contributed by atoms with van der Waals surface area (Å²) in [5, 5.41) is 12.7. The van der Waals surface area contributed by atoms with E-state index in [1.54, 1.807) is 12.5 Å². The zero-order chi connectivity index (χ0) is 10.4. The largest absolute Gasteiger partial charge is 0.472 e. The van der Waals surface area contributed by atoms with E-state index in [9.17, 15) is 5.11 Å². The lowest BCUT2D eigenvalue weighted by Crippen LogP contribution is -2.27. The molecule has 4 heteroatoms. The normalized spacial score (nSPS) is 12.5. The van der Waals surface area contributed by atoms with Crippen molar-refractivity contribution in [3.05, 3.63) is 24.2 Å². The lowest BCUT2D eigenvalue weighted by Gasteiger charge is -2.13. The molecule has 1 aromatic heterocycles. The third-order valence-corrected chi connectivity index (χ3v) is 2.03. The van der Waals surface area contributed by atoms with Crippen LogP contribution in [0.5, 0.6) is 0 Å². The molecule has 0 aliphatic heterocycles. The average Bonchev–Trinajstić information content (AvgIpc) is 2.55. The molecular weight excluding hydrogens is 214 g/mol. The van der Waals surface area contributed by atoms with Crippen LogP contribution in [-0.4, -0.2) is 17.8 Å². The Bertz CT molecular complexity index is 237. The van der Waals surface area contributed by atoms with Gasteiger partial charge in [-0.3, -0.25) is 0 Å². The number of aliphatic hydroxyl groups excluding tert-OH is 1. The molecule has 1 atom stereocenters. The Hall–Kier alpha value is -0.510. The van der Waals surface area contributed by atoms with Gasteiger partial charge in [0.25, 0.3) is 0 Å². The highest BCUT2D eigenvalue weighted by molar-refractivity contribution is 5.85. The predicted molar refractivity (Wildman–Crippen MR) is 63.1 cm³/mol. The molecule has 0 spiro atoms. The Morgan fingerprint density at radius 1 is 1.47 bits per heavy atom. The summed E-state index contributed by atoms with van der Waals surface area (Å²) in [4.78, 5) is 0. The first-order valence-corrected chi connectivity index (χ1v) is 5.08. The van der Waals surface area contributed by atoms with Crippen molar-refractivity contribution in [2.45, 2.75) is 32.9 Å². The van der Waals surface area contributed by atoms with Crippen LogP contribution in [0.2, 0.25) is 0 Å². The van der Waals surface area contributed by atoms with E-state index >= 15 is 0 Å². The Morgan fingerprint density at radius 3 is 2.73 bits per heavy atom. The van der Waals surface area contributed by atoms with Gasteiger partial charge in [-0.2, -0.15) is 0 Å². The molecule has 2 N–H and O–H groups in total. The number of halogens is 1. The van der Waals surface area contributed by atoms with E-state index in [4.69, 9.17) is 4.42 Å². The molecule has 0 radical (unpaired) electrons. The van der Waals surface area contributed by atoms with Gasteiger partial charge in [0.15, 0.2) is 0 Å². The van der Waals surface area contributed by atoms with Crippen LogP contribution >= 0.6 is 12.4 Å². The second-order valence-electron chi connectivity index (χ2n) is 4.05. The highest BCUT2D eigenvalue weighted by Crippen LogP contribution is 2.04. The third-order valence-electron chi connectivity index (χ3n) is 2.03. The Morgan fingerprint density at radius 2 is 2.20 bits per heavy atom. The molecule has 1 unspecified atom stereocenters. The van der Waals surface area contributed by atoms with Gasteiger partial charge in [-0.15, -0.1) is 12.4 Å². The van der Waals surface area contributed by atoms with E-state index in [0.29, 0.717) is 12.5 Å². The summed E-state index contributed by atoms with van der Waals surface area (Å²) in [6, 6.07) is 1.92. The number of hydrogen-bond acceptors (Lipinski definition) is 3. The summed E-state index contributed by atoms with van der Waals surface area (Å²) >= 11 is 0. The molecule has 3 nitrogen and oxygen atoms in total. The lowest BCUT2D eigenvalue weighted by molar-refractivity contribution is 0.146. The van der Waals surface area contributed by atoms with Crippen LogP contribution < -0.4 is 5.32 Å². The average molecular weight is 234 g/mol. The molecule has 0 bridgehead atoms. The Kier molecular flexibility index (Phi) is 7.48. The molecule has 0 saturated carbocycles. The number of hydrogen-bond donors (Lipinski definition) is 2. The molecular formula is C11H20ClNO2. The summed E-state index contributed by atoms with van der Waals surface area (Å²) in [7, 11) is 0. The van der Waals surface area contributed by atoms with Crippen LogP contribution in [0, 0.1) is 5.92 Å². The van der Waals surface area contributed by atoms with Crippen molar-refractivity contribution in [3.8, 4) is 0 Å².